The van der Waals surface area contributed by atoms with Crippen molar-refractivity contribution in [3.05, 3.63) is 40.8 Å². The van der Waals surface area contributed by atoms with Crippen LogP contribution in [-0.2, 0) is 4.74 Å². The van der Waals surface area contributed by atoms with E-state index in [-0.39, 0.29) is 6.35 Å². The number of nitrogens with one attached hydrogen (secondary N) is 1. The van der Waals surface area contributed by atoms with Crippen molar-refractivity contribution < 1.29 is 4.74 Å². The first kappa shape index (κ1) is 17.6. The number of nitrogen functional groups attached to an aromatic ring is 1. The largest absolute Gasteiger partial charge is 0.384 e. The van der Waals surface area contributed by atoms with Crippen LogP contribution in [0.5, 0.6) is 0 Å². The van der Waals surface area contributed by atoms with Gasteiger partial charge in [0.2, 0.25) is 6.35 Å². The number of aromatic nitrogens is 5. The molecule has 4 aromatic heterocycles. The van der Waals surface area contributed by atoms with Crippen LogP contribution in [-0.4, -0.2) is 37.5 Å². The molecule has 146 valence electrons. The van der Waals surface area contributed by atoms with E-state index in [0.29, 0.717) is 29.3 Å². The highest BCUT2D eigenvalue weighted by atomic mass is 16.5. The summed E-state index contributed by atoms with van der Waals surface area (Å²) in [6.07, 6.45) is 3.18. The minimum absolute atomic E-state index is 0.355. The molecule has 0 spiro atoms. The number of nitrogens with zero attached hydrogens (tertiary/aromatic N) is 6. The molecule has 0 aliphatic carbocycles. The minimum Gasteiger partial charge on any atom is -0.384 e. The molecular formula is C20H20N8O. The Hall–Kier alpha value is -3.48. The maximum absolute atomic E-state index is 9.74. The SMILES string of the molecule is Cc1cc2c(C#N)c(N)n(-c3c(C)cnc4c3cnn4C3NCCO3)c2nc1C. The molecular weight excluding hydrogens is 368 g/mol. The van der Waals surface area contributed by atoms with Crippen LogP contribution in [0, 0.1) is 32.1 Å². The van der Waals surface area contributed by atoms with Crippen molar-refractivity contribution in [3.8, 4) is 11.8 Å². The normalized spacial score (nSPS) is 16.7. The molecule has 5 rings (SSSR count). The molecule has 1 fully saturated rings. The Balaban J connectivity index is 1.86. The van der Waals surface area contributed by atoms with E-state index in [1.165, 1.54) is 0 Å². The number of pyridine rings is 2. The van der Waals surface area contributed by atoms with Crippen LogP contribution >= 0.6 is 0 Å². The molecule has 9 nitrogen and oxygen atoms in total. The summed E-state index contributed by atoms with van der Waals surface area (Å²) in [7, 11) is 0. The number of ether oxygens (including phenoxy) is 1. The van der Waals surface area contributed by atoms with Crippen molar-refractivity contribution >= 4 is 27.9 Å². The minimum atomic E-state index is -0.355. The van der Waals surface area contributed by atoms with Crippen LogP contribution in [0.2, 0.25) is 0 Å². The zero-order chi connectivity index (χ0) is 20.3. The molecule has 9 heteroatoms. The van der Waals surface area contributed by atoms with E-state index in [1.54, 1.807) is 17.1 Å². The summed E-state index contributed by atoms with van der Waals surface area (Å²) in [5.41, 5.74) is 11.8. The smallest absolute Gasteiger partial charge is 0.208 e. The lowest BCUT2D eigenvalue weighted by Gasteiger charge is -2.14. The number of fused-ring (bicyclic) bond motifs is 2. The van der Waals surface area contributed by atoms with Gasteiger partial charge in [-0.25, -0.2) is 14.6 Å². The lowest BCUT2D eigenvalue weighted by atomic mass is 10.1. The molecule has 4 aromatic rings. The number of aryl methyl sites for hydroxylation is 3. The second-order valence-corrected chi connectivity index (χ2v) is 7.26. The Morgan fingerprint density at radius 2 is 2.03 bits per heavy atom. The number of anilines is 1. The monoisotopic (exact) mass is 388 g/mol. The molecule has 3 N–H and O–H groups in total. The Kier molecular flexibility index (Phi) is 3.81. The Labute approximate surface area is 166 Å². The highest BCUT2D eigenvalue weighted by Gasteiger charge is 2.25. The lowest BCUT2D eigenvalue weighted by Crippen LogP contribution is -2.22. The van der Waals surface area contributed by atoms with Gasteiger partial charge in [0.15, 0.2) is 5.65 Å². The summed E-state index contributed by atoms with van der Waals surface area (Å²) in [5.74, 6) is 0.360. The molecule has 0 radical (unpaired) electrons. The maximum atomic E-state index is 9.74. The molecule has 1 atom stereocenters. The van der Waals surface area contributed by atoms with Gasteiger partial charge >= 0.3 is 0 Å². The van der Waals surface area contributed by atoms with Gasteiger partial charge in [-0.3, -0.25) is 9.88 Å². The van der Waals surface area contributed by atoms with E-state index in [1.807, 2.05) is 31.4 Å². The third-order valence-corrected chi connectivity index (χ3v) is 5.46. The first-order valence-corrected chi connectivity index (χ1v) is 9.37. The van der Waals surface area contributed by atoms with Gasteiger partial charge in [0.1, 0.15) is 23.1 Å². The zero-order valence-corrected chi connectivity index (χ0v) is 16.4. The van der Waals surface area contributed by atoms with Crippen LogP contribution in [0.1, 0.15) is 28.7 Å². The van der Waals surface area contributed by atoms with Crippen LogP contribution in [0.15, 0.2) is 18.5 Å². The van der Waals surface area contributed by atoms with Gasteiger partial charge in [0, 0.05) is 23.8 Å². The molecule has 0 bridgehead atoms. The van der Waals surface area contributed by atoms with Gasteiger partial charge in [-0.15, -0.1) is 0 Å². The van der Waals surface area contributed by atoms with Crippen molar-refractivity contribution in [3.63, 3.8) is 0 Å². The van der Waals surface area contributed by atoms with Crippen LogP contribution in [0.3, 0.4) is 0 Å². The second kappa shape index (κ2) is 6.27. The fraction of sp³-hybridized carbons (Fsp3) is 0.300. The Morgan fingerprint density at radius 1 is 1.21 bits per heavy atom. The number of nitrogens with two attached hydrogens (primary N) is 1. The molecule has 0 saturated carbocycles. The highest BCUT2D eigenvalue weighted by Crippen LogP contribution is 2.35. The number of hydrogen-bond donors (Lipinski definition) is 2. The van der Waals surface area contributed by atoms with Crippen molar-refractivity contribution in [2.24, 2.45) is 0 Å². The molecule has 1 unspecified atom stereocenters. The summed E-state index contributed by atoms with van der Waals surface area (Å²) in [4.78, 5) is 9.34. The average molecular weight is 388 g/mol. The summed E-state index contributed by atoms with van der Waals surface area (Å²) in [6, 6.07) is 4.21. The topological polar surface area (TPSA) is 120 Å². The number of rotatable bonds is 2. The molecule has 5 heterocycles. The van der Waals surface area contributed by atoms with E-state index in [4.69, 9.17) is 15.5 Å². The van der Waals surface area contributed by atoms with E-state index in [9.17, 15) is 5.26 Å². The fourth-order valence-corrected chi connectivity index (χ4v) is 3.88. The zero-order valence-electron chi connectivity index (χ0n) is 16.4. The lowest BCUT2D eigenvalue weighted by molar-refractivity contribution is 0.0375. The Morgan fingerprint density at radius 3 is 2.76 bits per heavy atom. The molecule has 0 aromatic carbocycles. The van der Waals surface area contributed by atoms with Crippen LogP contribution in [0.25, 0.3) is 27.8 Å². The predicted molar refractivity (Wildman–Crippen MR) is 108 cm³/mol. The summed E-state index contributed by atoms with van der Waals surface area (Å²) in [6.45, 7) is 7.26. The molecule has 1 aliphatic rings. The third-order valence-electron chi connectivity index (χ3n) is 5.46. The quantitative estimate of drug-likeness (QED) is 0.540. The first-order chi connectivity index (χ1) is 14.0. The van der Waals surface area contributed by atoms with Crippen LogP contribution in [0.4, 0.5) is 5.82 Å². The fourth-order valence-electron chi connectivity index (χ4n) is 3.88. The van der Waals surface area contributed by atoms with Crippen molar-refractivity contribution in [2.75, 3.05) is 18.9 Å². The van der Waals surface area contributed by atoms with Gasteiger partial charge in [-0.1, -0.05) is 0 Å². The van der Waals surface area contributed by atoms with E-state index < -0.39 is 0 Å². The summed E-state index contributed by atoms with van der Waals surface area (Å²) in [5, 5.41) is 19.0. The second-order valence-electron chi connectivity index (χ2n) is 7.26. The van der Waals surface area contributed by atoms with Gasteiger partial charge in [-0.05, 0) is 38.0 Å². The number of nitriles is 1. The van der Waals surface area contributed by atoms with E-state index >= 15 is 0 Å². The van der Waals surface area contributed by atoms with Gasteiger partial charge in [-0.2, -0.15) is 10.4 Å². The van der Waals surface area contributed by atoms with Gasteiger partial charge < -0.3 is 10.5 Å². The van der Waals surface area contributed by atoms with Gasteiger partial charge in [0.05, 0.1) is 23.9 Å². The van der Waals surface area contributed by atoms with Crippen LogP contribution < -0.4 is 11.1 Å². The van der Waals surface area contributed by atoms with E-state index in [0.717, 1.165) is 39.8 Å². The van der Waals surface area contributed by atoms with E-state index in [2.05, 4.69) is 21.5 Å². The van der Waals surface area contributed by atoms with Crippen molar-refractivity contribution in [1.82, 2.24) is 29.6 Å². The summed E-state index contributed by atoms with van der Waals surface area (Å²) < 4.78 is 9.25. The molecule has 0 amide bonds. The first-order valence-electron chi connectivity index (χ1n) is 9.37. The molecule has 1 aliphatic heterocycles. The predicted octanol–water partition coefficient (Wildman–Crippen LogP) is 2.23. The standard InChI is InChI=1S/C20H20N8O/c1-10-6-13-14(7-21)17(22)27(19(13)26-12(10)3)16-11(2)8-24-18-15(16)9-25-28(18)20-23-4-5-29-20/h6,8-9,20,23H,4-5,22H2,1-3H3. The third kappa shape index (κ3) is 2.43. The highest BCUT2D eigenvalue weighted by molar-refractivity contribution is 5.96. The average Bonchev–Trinajstić information content (AvgIpc) is 3.41. The molecule has 1 saturated heterocycles. The summed E-state index contributed by atoms with van der Waals surface area (Å²) >= 11 is 0. The van der Waals surface area contributed by atoms with Gasteiger partial charge in [0.25, 0.3) is 0 Å². The maximum Gasteiger partial charge on any atom is 0.208 e. The van der Waals surface area contributed by atoms with Crippen molar-refractivity contribution in [1.29, 1.82) is 5.26 Å². The number of hydrogen-bond acceptors (Lipinski definition) is 7. The van der Waals surface area contributed by atoms with Crippen molar-refractivity contribution in [2.45, 2.75) is 27.1 Å². The Bertz CT molecular complexity index is 1320. The molecule has 29 heavy (non-hydrogen) atoms.